The van der Waals surface area contributed by atoms with Crippen LogP contribution in [0.1, 0.15) is 5.56 Å². The molecule has 5 nitrogen and oxygen atoms in total. The molecule has 0 saturated heterocycles. The molecule has 2 aromatic rings. The SMILES string of the molecule is CNS(=O)(=O)CCc1ccc(N=NCCSc2ccccc2)cc1. The van der Waals surface area contributed by atoms with Crippen LogP contribution in [0.15, 0.2) is 69.7 Å². The van der Waals surface area contributed by atoms with Crippen LogP contribution < -0.4 is 4.72 Å². The third kappa shape index (κ3) is 6.82. The van der Waals surface area contributed by atoms with Gasteiger partial charge in [-0.2, -0.15) is 10.2 Å². The summed E-state index contributed by atoms with van der Waals surface area (Å²) < 4.78 is 25.1. The lowest BCUT2D eigenvalue weighted by Gasteiger charge is -2.03. The number of hydrogen-bond donors (Lipinski definition) is 1. The number of aryl methyl sites for hydroxylation is 1. The van der Waals surface area contributed by atoms with E-state index in [9.17, 15) is 8.42 Å². The number of azo groups is 1. The van der Waals surface area contributed by atoms with Crippen molar-refractivity contribution in [3.8, 4) is 0 Å². The van der Waals surface area contributed by atoms with Crippen LogP contribution in [0.5, 0.6) is 0 Å². The van der Waals surface area contributed by atoms with Gasteiger partial charge < -0.3 is 0 Å². The molecule has 24 heavy (non-hydrogen) atoms. The van der Waals surface area contributed by atoms with Crippen molar-refractivity contribution in [2.24, 2.45) is 10.2 Å². The first-order valence-corrected chi connectivity index (χ1v) is 10.3. The molecule has 0 aliphatic rings. The highest BCUT2D eigenvalue weighted by atomic mass is 32.2. The average molecular weight is 364 g/mol. The Morgan fingerprint density at radius 1 is 1.04 bits per heavy atom. The summed E-state index contributed by atoms with van der Waals surface area (Å²) in [6.07, 6.45) is 0.480. The summed E-state index contributed by atoms with van der Waals surface area (Å²) in [6.45, 7) is 0.654. The van der Waals surface area contributed by atoms with Gasteiger partial charge in [0.25, 0.3) is 0 Å². The minimum atomic E-state index is -3.17. The molecule has 0 heterocycles. The van der Waals surface area contributed by atoms with Crippen molar-refractivity contribution in [3.05, 3.63) is 60.2 Å². The average Bonchev–Trinajstić information content (AvgIpc) is 2.62. The maximum absolute atomic E-state index is 11.4. The van der Waals surface area contributed by atoms with Crippen molar-refractivity contribution in [2.75, 3.05) is 25.1 Å². The van der Waals surface area contributed by atoms with Gasteiger partial charge in [0.05, 0.1) is 18.0 Å². The van der Waals surface area contributed by atoms with Crippen LogP contribution in [0.4, 0.5) is 5.69 Å². The predicted octanol–water partition coefficient (Wildman–Crippen LogP) is 3.65. The largest absolute Gasteiger partial charge is 0.218 e. The van der Waals surface area contributed by atoms with E-state index < -0.39 is 10.0 Å². The number of sulfonamides is 1. The third-order valence-corrected chi connectivity index (χ3v) is 5.65. The van der Waals surface area contributed by atoms with E-state index in [0.717, 1.165) is 17.0 Å². The first-order valence-electron chi connectivity index (χ1n) is 7.64. The zero-order valence-electron chi connectivity index (χ0n) is 13.6. The number of rotatable bonds is 9. The van der Waals surface area contributed by atoms with E-state index in [2.05, 4.69) is 27.1 Å². The topological polar surface area (TPSA) is 70.9 Å². The minimum absolute atomic E-state index is 0.0844. The molecule has 0 radical (unpaired) electrons. The van der Waals surface area contributed by atoms with Gasteiger partial charge >= 0.3 is 0 Å². The fraction of sp³-hybridized carbons (Fsp3) is 0.294. The lowest BCUT2D eigenvalue weighted by Crippen LogP contribution is -2.23. The molecule has 128 valence electrons. The van der Waals surface area contributed by atoms with Crippen molar-refractivity contribution < 1.29 is 8.42 Å². The zero-order chi connectivity index (χ0) is 17.3. The Kier molecular flexibility index (Phi) is 7.42. The highest BCUT2D eigenvalue weighted by Gasteiger charge is 2.06. The molecule has 0 amide bonds. The van der Waals surface area contributed by atoms with Gasteiger partial charge in [0.1, 0.15) is 0 Å². The molecule has 2 aromatic carbocycles. The van der Waals surface area contributed by atoms with E-state index in [1.54, 1.807) is 11.8 Å². The van der Waals surface area contributed by atoms with Crippen LogP contribution in [-0.2, 0) is 16.4 Å². The van der Waals surface area contributed by atoms with Crippen molar-refractivity contribution in [1.29, 1.82) is 0 Å². The van der Waals surface area contributed by atoms with Gasteiger partial charge in [-0.25, -0.2) is 13.1 Å². The van der Waals surface area contributed by atoms with Crippen molar-refractivity contribution in [1.82, 2.24) is 4.72 Å². The molecule has 0 saturated carbocycles. The number of hydrogen-bond acceptors (Lipinski definition) is 5. The monoisotopic (exact) mass is 363 g/mol. The van der Waals surface area contributed by atoms with Gasteiger partial charge in [-0.15, -0.1) is 11.8 Å². The summed E-state index contributed by atoms with van der Waals surface area (Å²) in [5.41, 5.74) is 1.74. The molecule has 0 aromatic heterocycles. The van der Waals surface area contributed by atoms with Crippen molar-refractivity contribution >= 4 is 27.5 Å². The van der Waals surface area contributed by atoms with E-state index in [1.807, 2.05) is 42.5 Å². The summed E-state index contributed by atoms with van der Waals surface area (Å²) in [6, 6.07) is 17.7. The molecule has 0 fully saturated rings. The lowest BCUT2D eigenvalue weighted by atomic mass is 10.1. The summed E-state index contributed by atoms with van der Waals surface area (Å²) >= 11 is 1.75. The Morgan fingerprint density at radius 3 is 2.42 bits per heavy atom. The summed E-state index contributed by atoms with van der Waals surface area (Å²) in [5.74, 6) is 0.967. The normalized spacial score (nSPS) is 11.9. The van der Waals surface area contributed by atoms with Crippen molar-refractivity contribution in [2.45, 2.75) is 11.3 Å². The van der Waals surface area contributed by atoms with Crippen LogP contribution in [0.25, 0.3) is 0 Å². The molecular formula is C17H21N3O2S2. The Labute approximate surface area is 147 Å². The fourth-order valence-electron chi connectivity index (χ4n) is 1.94. The third-order valence-electron chi connectivity index (χ3n) is 3.30. The molecule has 0 unspecified atom stereocenters. The molecule has 7 heteroatoms. The van der Waals surface area contributed by atoms with Crippen molar-refractivity contribution in [3.63, 3.8) is 0 Å². The molecule has 0 spiro atoms. The predicted molar refractivity (Wildman–Crippen MR) is 99.5 cm³/mol. The standard InChI is InChI=1S/C17H21N3O2S2/c1-18-24(21,22)14-11-15-7-9-16(10-8-15)20-19-12-13-23-17-5-3-2-4-6-17/h2-10,18H,11-14H2,1H3. The molecule has 1 N–H and O–H groups in total. The van der Waals surface area contributed by atoms with E-state index in [4.69, 9.17) is 0 Å². The summed E-state index contributed by atoms with van der Waals surface area (Å²) in [7, 11) is -1.74. The second-order valence-corrected chi connectivity index (χ2v) is 8.28. The minimum Gasteiger partial charge on any atom is -0.218 e. The number of nitrogens with zero attached hydrogens (tertiary/aromatic N) is 2. The first-order chi connectivity index (χ1) is 11.6. The summed E-state index contributed by atoms with van der Waals surface area (Å²) in [5, 5.41) is 8.37. The number of nitrogens with one attached hydrogen (secondary N) is 1. The van der Waals surface area contributed by atoms with E-state index >= 15 is 0 Å². The molecule has 2 rings (SSSR count). The van der Waals surface area contributed by atoms with Gasteiger partial charge in [0.15, 0.2) is 0 Å². The van der Waals surface area contributed by atoms with Crippen LogP contribution >= 0.6 is 11.8 Å². The lowest BCUT2D eigenvalue weighted by molar-refractivity contribution is 0.587. The van der Waals surface area contributed by atoms with Crippen LogP contribution in [0.2, 0.25) is 0 Å². The molecule has 0 atom stereocenters. The fourth-order valence-corrected chi connectivity index (χ4v) is 3.40. The van der Waals surface area contributed by atoms with Gasteiger partial charge in [-0.1, -0.05) is 30.3 Å². The quantitative estimate of drug-likeness (QED) is 0.420. The van der Waals surface area contributed by atoms with Gasteiger partial charge in [0.2, 0.25) is 10.0 Å². The second kappa shape index (κ2) is 9.56. The highest BCUT2D eigenvalue weighted by molar-refractivity contribution is 7.99. The highest BCUT2D eigenvalue weighted by Crippen LogP contribution is 2.17. The van der Waals surface area contributed by atoms with Crippen LogP contribution in [-0.4, -0.2) is 33.5 Å². The number of benzene rings is 2. The molecule has 0 aliphatic heterocycles. The second-order valence-electron chi connectivity index (χ2n) is 5.07. The molecular weight excluding hydrogens is 342 g/mol. The van der Waals surface area contributed by atoms with E-state index in [1.165, 1.54) is 11.9 Å². The van der Waals surface area contributed by atoms with Crippen LogP contribution in [0, 0.1) is 0 Å². The zero-order valence-corrected chi connectivity index (χ0v) is 15.2. The van der Waals surface area contributed by atoms with Gasteiger partial charge in [-0.3, -0.25) is 0 Å². The molecule has 0 bridgehead atoms. The van der Waals surface area contributed by atoms with Crippen LogP contribution in [0.3, 0.4) is 0 Å². The van der Waals surface area contributed by atoms with E-state index in [-0.39, 0.29) is 5.75 Å². The number of thioether (sulfide) groups is 1. The summed E-state index contributed by atoms with van der Waals surface area (Å²) in [4.78, 5) is 1.23. The maximum atomic E-state index is 11.4. The van der Waals surface area contributed by atoms with E-state index in [0.29, 0.717) is 13.0 Å². The maximum Gasteiger partial charge on any atom is 0.211 e. The Balaban J connectivity index is 1.75. The smallest absolute Gasteiger partial charge is 0.211 e. The Hall–Kier alpha value is -1.70. The van der Waals surface area contributed by atoms with Gasteiger partial charge in [-0.05, 0) is 43.3 Å². The Morgan fingerprint density at radius 2 is 1.75 bits per heavy atom. The first kappa shape index (κ1) is 18.6. The molecule has 0 aliphatic carbocycles. The van der Waals surface area contributed by atoms with Gasteiger partial charge in [0, 0.05) is 10.6 Å². The Bertz CT molecular complexity index is 745.